The Kier molecular flexibility index (Phi) is 3.56. The number of pyridine rings is 1. The van der Waals surface area contributed by atoms with Crippen molar-refractivity contribution >= 4 is 0 Å². The number of hydrogen-bond donors (Lipinski definition) is 1. The zero-order valence-electron chi connectivity index (χ0n) is 10.1. The Hall–Kier alpha value is -0.930. The highest BCUT2D eigenvalue weighted by Gasteiger charge is 2.31. The Morgan fingerprint density at radius 3 is 2.81 bits per heavy atom. The minimum absolute atomic E-state index is 0.0268. The van der Waals surface area contributed by atoms with Crippen LogP contribution in [0.2, 0.25) is 0 Å². The molecule has 0 amide bonds. The first-order valence-electron chi connectivity index (χ1n) is 5.91. The van der Waals surface area contributed by atoms with Crippen LogP contribution in [-0.4, -0.2) is 30.8 Å². The Labute approximate surface area is 97.2 Å². The van der Waals surface area contributed by atoms with Crippen molar-refractivity contribution in [2.45, 2.75) is 31.8 Å². The normalized spacial score (nSPS) is 19.6. The monoisotopic (exact) mass is 220 g/mol. The van der Waals surface area contributed by atoms with E-state index in [0.29, 0.717) is 0 Å². The second-order valence-electron chi connectivity index (χ2n) is 4.62. The van der Waals surface area contributed by atoms with Gasteiger partial charge in [0.2, 0.25) is 0 Å². The van der Waals surface area contributed by atoms with Gasteiger partial charge >= 0.3 is 0 Å². The predicted molar refractivity (Wildman–Crippen MR) is 64.5 cm³/mol. The molecule has 0 spiro atoms. The lowest BCUT2D eigenvalue weighted by atomic mass is 9.86. The van der Waals surface area contributed by atoms with Crippen LogP contribution in [0.25, 0.3) is 0 Å². The second kappa shape index (κ2) is 4.93. The van der Waals surface area contributed by atoms with E-state index in [2.05, 4.69) is 22.4 Å². The predicted octanol–water partition coefficient (Wildman–Crippen LogP) is 1.70. The summed E-state index contributed by atoms with van der Waals surface area (Å²) in [5, 5.41) is 3.38. The van der Waals surface area contributed by atoms with E-state index in [9.17, 15) is 0 Å². The molecule has 1 aromatic heterocycles. The minimum Gasteiger partial charge on any atom is -0.378 e. The maximum atomic E-state index is 5.76. The van der Waals surface area contributed by atoms with Crippen molar-refractivity contribution in [2.75, 3.05) is 20.2 Å². The van der Waals surface area contributed by atoms with E-state index in [1.807, 2.05) is 20.2 Å². The van der Waals surface area contributed by atoms with Crippen LogP contribution in [0.5, 0.6) is 0 Å². The average Bonchev–Trinajstić information content (AvgIpc) is 2.30. The van der Waals surface area contributed by atoms with Crippen LogP contribution < -0.4 is 5.32 Å². The molecule has 88 valence electrons. The second-order valence-corrected chi connectivity index (χ2v) is 4.62. The maximum absolute atomic E-state index is 5.76. The molecular formula is C13H20N2O. The third-order valence-electron chi connectivity index (χ3n) is 3.44. The fraction of sp³-hybridized carbons (Fsp3) is 0.615. The van der Waals surface area contributed by atoms with Crippen LogP contribution in [0.15, 0.2) is 18.3 Å². The molecule has 1 saturated heterocycles. The molecule has 2 heterocycles. The fourth-order valence-electron chi connectivity index (χ4n) is 2.42. The van der Waals surface area contributed by atoms with E-state index in [-0.39, 0.29) is 5.60 Å². The number of nitrogens with one attached hydrogen (secondary N) is 1. The molecule has 1 N–H and O–H groups in total. The zero-order valence-corrected chi connectivity index (χ0v) is 10.1. The van der Waals surface area contributed by atoms with Crippen molar-refractivity contribution in [2.24, 2.45) is 0 Å². The minimum atomic E-state index is 0.0268. The van der Waals surface area contributed by atoms with Gasteiger partial charge in [-0.25, -0.2) is 0 Å². The lowest BCUT2D eigenvalue weighted by molar-refractivity contribution is -0.0333. The summed E-state index contributed by atoms with van der Waals surface area (Å²) in [6.45, 7) is 4.14. The first kappa shape index (κ1) is 11.6. The van der Waals surface area contributed by atoms with Crippen molar-refractivity contribution < 1.29 is 4.74 Å². The molecule has 2 rings (SSSR count). The van der Waals surface area contributed by atoms with Crippen molar-refractivity contribution in [3.8, 4) is 0 Å². The summed E-state index contributed by atoms with van der Waals surface area (Å²) >= 11 is 0. The lowest BCUT2D eigenvalue weighted by Gasteiger charge is -2.36. The number of piperidine rings is 1. The molecule has 1 aliphatic heterocycles. The van der Waals surface area contributed by atoms with Crippen molar-refractivity contribution in [3.05, 3.63) is 29.6 Å². The van der Waals surface area contributed by atoms with Crippen molar-refractivity contribution in [3.63, 3.8) is 0 Å². The molecule has 0 unspecified atom stereocenters. The molecule has 0 atom stereocenters. The van der Waals surface area contributed by atoms with Gasteiger partial charge in [0.1, 0.15) is 0 Å². The number of nitrogens with zero attached hydrogens (tertiary/aromatic N) is 1. The summed E-state index contributed by atoms with van der Waals surface area (Å²) in [7, 11) is 1.83. The first-order valence-corrected chi connectivity index (χ1v) is 5.91. The third kappa shape index (κ3) is 2.60. The van der Waals surface area contributed by atoms with Gasteiger partial charge in [-0.1, -0.05) is 0 Å². The Morgan fingerprint density at radius 1 is 1.44 bits per heavy atom. The van der Waals surface area contributed by atoms with Crippen LogP contribution in [0, 0.1) is 6.92 Å². The fourth-order valence-corrected chi connectivity index (χ4v) is 2.42. The van der Waals surface area contributed by atoms with Crippen LogP contribution in [0.3, 0.4) is 0 Å². The Bertz CT molecular complexity index is 346. The maximum Gasteiger partial charge on any atom is 0.0743 e. The molecule has 3 heteroatoms. The van der Waals surface area contributed by atoms with E-state index in [1.54, 1.807) is 0 Å². The SMILES string of the molecule is COC1(Cc2ccnc(C)c2)CCNCC1. The van der Waals surface area contributed by atoms with E-state index >= 15 is 0 Å². The highest BCUT2D eigenvalue weighted by atomic mass is 16.5. The van der Waals surface area contributed by atoms with Gasteiger partial charge in [-0.05, 0) is 50.6 Å². The Balaban J connectivity index is 2.11. The molecule has 0 bridgehead atoms. The molecule has 1 aliphatic rings. The van der Waals surface area contributed by atoms with E-state index < -0.39 is 0 Å². The van der Waals surface area contributed by atoms with Crippen molar-refractivity contribution in [1.82, 2.24) is 10.3 Å². The van der Waals surface area contributed by atoms with E-state index in [1.165, 1.54) is 5.56 Å². The molecular weight excluding hydrogens is 200 g/mol. The van der Waals surface area contributed by atoms with Crippen LogP contribution in [-0.2, 0) is 11.2 Å². The number of hydrogen-bond acceptors (Lipinski definition) is 3. The van der Waals surface area contributed by atoms with Gasteiger partial charge in [-0.2, -0.15) is 0 Å². The van der Waals surface area contributed by atoms with Gasteiger partial charge in [-0.3, -0.25) is 4.98 Å². The number of aromatic nitrogens is 1. The highest BCUT2D eigenvalue weighted by molar-refractivity contribution is 5.18. The standard InChI is InChI=1S/C13H20N2O/c1-11-9-12(3-6-15-11)10-13(16-2)4-7-14-8-5-13/h3,6,9,14H,4-5,7-8,10H2,1-2H3. The van der Waals surface area contributed by atoms with Crippen LogP contribution >= 0.6 is 0 Å². The smallest absolute Gasteiger partial charge is 0.0743 e. The van der Waals surface area contributed by atoms with E-state index in [4.69, 9.17) is 4.74 Å². The van der Waals surface area contributed by atoms with Crippen LogP contribution in [0.4, 0.5) is 0 Å². The first-order chi connectivity index (χ1) is 7.74. The largest absolute Gasteiger partial charge is 0.378 e. The molecule has 0 saturated carbocycles. The van der Waals surface area contributed by atoms with Gasteiger partial charge < -0.3 is 10.1 Å². The molecule has 1 fully saturated rings. The average molecular weight is 220 g/mol. The van der Waals surface area contributed by atoms with Gasteiger partial charge in [0, 0.05) is 25.4 Å². The number of ether oxygens (including phenoxy) is 1. The molecule has 0 aromatic carbocycles. The van der Waals surface area contributed by atoms with Gasteiger partial charge in [0.25, 0.3) is 0 Å². The van der Waals surface area contributed by atoms with Gasteiger partial charge in [0.05, 0.1) is 5.60 Å². The quantitative estimate of drug-likeness (QED) is 0.842. The highest BCUT2D eigenvalue weighted by Crippen LogP contribution is 2.26. The zero-order chi connectivity index (χ0) is 11.4. The van der Waals surface area contributed by atoms with Gasteiger partial charge in [0.15, 0.2) is 0 Å². The third-order valence-corrected chi connectivity index (χ3v) is 3.44. The topological polar surface area (TPSA) is 34.1 Å². The number of methoxy groups -OCH3 is 1. The summed E-state index contributed by atoms with van der Waals surface area (Å²) < 4.78 is 5.76. The van der Waals surface area contributed by atoms with Gasteiger partial charge in [-0.15, -0.1) is 0 Å². The van der Waals surface area contributed by atoms with E-state index in [0.717, 1.165) is 38.0 Å². The molecule has 3 nitrogen and oxygen atoms in total. The summed E-state index contributed by atoms with van der Waals surface area (Å²) in [5.74, 6) is 0. The summed E-state index contributed by atoms with van der Waals surface area (Å²) in [6.07, 6.45) is 5.05. The summed E-state index contributed by atoms with van der Waals surface area (Å²) in [4.78, 5) is 4.23. The Morgan fingerprint density at radius 2 is 2.19 bits per heavy atom. The molecule has 0 aliphatic carbocycles. The molecule has 0 radical (unpaired) electrons. The summed E-state index contributed by atoms with van der Waals surface area (Å²) in [6, 6.07) is 4.25. The number of rotatable bonds is 3. The number of aryl methyl sites for hydroxylation is 1. The summed E-state index contributed by atoms with van der Waals surface area (Å²) in [5.41, 5.74) is 2.44. The van der Waals surface area contributed by atoms with Crippen LogP contribution in [0.1, 0.15) is 24.1 Å². The molecule has 16 heavy (non-hydrogen) atoms. The van der Waals surface area contributed by atoms with Crippen molar-refractivity contribution in [1.29, 1.82) is 0 Å². The molecule has 1 aromatic rings. The lowest BCUT2D eigenvalue weighted by Crippen LogP contribution is -2.45.